The van der Waals surface area contributed by atoms with Gasteiger partial charge in [0.2, 0.25) is 0 Å². The van der Waals surface area contributed by atoms with Gasteiger partial charge in [-0.15, -0.1) is 0 Å². The van der Waals surface area contributed by atoms with Crippen LogP contribution in [0.1, 0.15) is 8.22 Å². The zero-order chi connectivity index (χ0) is 46.7. The van der Waals surface area contributed by atoms with E-state index in [1.807, 2.05) is 146 Å². The average molecular weight is 813 g/mol. The number of para-hydroxylation sites is 4. The van der Waals surface area contributed by atoms with Gasteiger partial charge in [-0.2, -0.15) is 0 Å². The SMILES string of the molecule is [2H]c1cc([2H])c2c(c1[2H])c1c([2H])c([2H])cc([2H])c1n2-c1ccc(-c2cccc3oc4cc(-c5nc(-c6ccccc6)nc(-c6ccccc6)n5)ccc4c23)cc1-c1cccc2c1oc1ccccc12. The van der Waals surface area contributed by atoms with E-state index in [-0.39, 0.29) is 58.1 Å². The second-order valence-corrected chi connectivity index (χ2v) is 15.4. The number of fused-ring (bicyclic) bond motifs is 9. The number of hydrogen-bond acceptors (Lipinski definition) is 5. The fourth-order valence-electron chi connectivity index (χ4n) is 8.97. The predicted molar refractivity (Wildman–Crippen MR) is 256 cm³/mol. The number of nitrogens with zero attached hydrogens (tertiary/aromatic N) is 4. The molecular weight excluding hydrogens is 773 g/mol. The van der Waals surface area contributed by atoms with Crippen molar-refractivity contribution in [3.63, 3.8) is 0 Å². The van der Waals surface area contributed by atoms with Crippen LogP contribution in [-0.4, -0.2) is 19.5 Å². The quantitative estimate of drug-likeness (QED) is 0.167. The first-order chi connectivity index (χ1) is 33.7. The van der Waals surface area contributed by atoms with E-state index in [1.165, 1.54) is 12.1 Å². The summed E-state index contributed by atoms with van der Waals surface area (Å²) in [4.78, 5) is 14.8. The molecule has 4 heterocycles. The molecule has 0 saturated carbocycles. The van der Waals surface area contributed by atoms with Crippen LogP contribution in [0.15, 0.2) is 215 Å². The van der Waals surface area contributed by atoms with E-state index >= 15 is 0 Å². The third-order valence-electron chi connectivity index (χ3n) is 11.8. The second-order valence-electron chi connectivity index (χ2n) is 15.4. The molecule has 0 saturated heterocycles. The van der Waals surface area contributed by atoms with Gasteiger partial charge in [0, 0.05) is 60.1 Å². The highest BCUT2D eigenvalue weighted by molar-refractivity contribution is 6.15. The number of furan rings is 2. The predicted octanol–water partition coefficient (Wildman–Crippen LogP) is 15.1. The van der Waals surface area contributed by atoms with E-state index in [9.17, 15) is 2.74 Å². The molecule has 0 unspecified atom stereocenters. The Kier molecular flexibility index (Phi) is 6.56. The van der Waals surface area contributed by atoms with E-state index in [0.717, 1.165) is 60.5 Å². The zero-order valence-electron chi connectivity index (χ0n) is 39.3. The van der Waals surface area contributed by atoms with Crippen molar-refractivity contribution in [2.45, 2.75) is 0 Å². The maximum atomic E-state index is 9.26. The van der Waals surface area contributed by atoms with Crippen molar-refractivity contribution in [1.82, 2.24) is 19.5 Å². The lowest BCUT2D eigenvalue weighted by molar-refractivity contribution is 0.669. The number of aromatic nitrogens is 4. The highest BCUT2D eigenvalue weighted by Gasteiger charge is 2.22. The van der Waals surface area contributed by atoms with Crippen LogP contribution in [-0.2, 0) is 0 Å². The summed E-state index contributed by atoms with van der Waals surface area (Å²) >= 11 is 0. The van der Waals surface area contributed by atoms with Crippen LogP contribution < -0.4 is 0 Å². The topological polar surface area (TPSA) is 69.9 Å². The standard InChI is InChI=1S/C57H34N4O2/c1-3-15-35(16-4-1)55-58-56(36-17-5-2-6-18-36)60-57(59-55)38-29-31-45-52(34-38)62-51-28-14-22-39(53(45)51)37-30-32-49(61-47-25-10-7-19-40(47)41-20-8-11-26-48(41)61)46(33-37)44-24-13-23-43-42-21-9-12-27-50(42)63-54(43)44/h1-34H/i7D,8D,19D,20D,25D,26D. The minimum absolute atomic E-state index is 0.0387. The van der Waals surface area contributed by atoms with Crippen LogP contribution in [0.4, 0.5) is 0 Å². The first-order valence-corrected chi connectivity index (χ1v) is 20.6. The van der Waals surface area contributed by atoms with Gasteiger partial charge in [-0.3, -0.25) is 0 Å². The summed E-state index contributed by atoms with van der Waals surface area (Å²) in [6, 6.07) is 53.5. The second kappa shape index (κ2) is 14.0. The molecule has 9 aromatic carbocycles. The molecule has 0 fully saturated rings. The molecule has 0 radical (unpaired) electrons. The Morgan fingerprint density at radius 2 is 0.984 bits per heavy atom. The Balaban J connectivity index is 1.05. The van der Waals surface area contributed by atoms with Crippen LogP contribution in [0, 0.1) is 0 Å². The van der Waals surface area contributed by atoms with Crippen LogP contribution in [0.5, 0.6) is 0 Å². The van der Waals surface area contributed by atoms with Crippen LogP contribution in [0.2, 0.25) is 0 Å². The Bertz CT molecular complexity index is 4150. The fourth-order valence-corrected chi connectivity index (χ4v) is 8.97. The normalized spacial score (nSPS) is 13.1. The summed E-state index contributed by atoms with van der Waals surface area (Å²) in [5.74, 6) is 1.63. The van der Waals surface area contributed by atoms with E-state index < -0.39 is 0 Å². The molecule has 0 atom stereocenters. The number of hydrogen-bond donors (Lipinski definition) is 0. The van der Waals surface area contributed by atoms with E-state index in [2.05, 4.69) is 12.1 Å². The molecule has 0 spiro atoms. The van der Waals surface area contributed by atoms with Gasteiger partial charge in [-0.25, -0.2) is 15.0 Å². The minimum Gasteiger partial charge on any atom is -0.456 e. The number of rotatable bonds is 6. The van der Waals surface area contributed by atoms with Gasteiger partial charge in [0.15, 0.2) is 17.5 Å². The molecule has 294 valence electrons. The highest BCUT2D eigenvalue weighted by Crippen LogP contribution is 2.44. The first kappa shape index (κ1) is 29.6. The maximum Gasteiger partial charge on any atom is 0.164 e. The largest absolute Gasteiger partial charge is 0.456 e. The van der Waals surface area contributed by atoms with Crippen molar-refractivity contribution < 1.29 is 17.1 Å². The molecular formula is C57H34N4O2. The fraction of sp³-hybridized carbons (Fsp3) is 0. The summed E-state index contributed by atoms with van der Waals surface area (Å²) in [6.45, 7) is 0. The maximum absolute atomic E-state index is 9.26. The van der Waals surface area contributed by atoms with Crippen molar-refractivity contribution in [2.24, 2.45) is 0 Å². The molecule has 0 amide bonds. The van der Waals surface area contributed by atoms with Crippen molar-refractivity contribution in [3.8, 4) is 62.1 Å². The summed E-state index contributed by atoms with van der Waals surface area (Å²) in [5.41, 5.74) is 9.50. The molecule has 6 heteroatoms. The molecule has 0 aliphatic rings. The zero-order valence-corrected chi connectivity index (χ0v) is 33.3. The van der Waals surface area contributed by atoms with E-state index in [0.29, 0.717) is 45.5 Å². The van der Waals surface area contributed by atoms with Gasteiger partial charge < -0.3 is 13.4 Å². The van der Waals surface area contributed by atoms with Crippen molar-refractivity contribution >= 4 is 65.7 Å². The monoisotopic (exact) mass is 812 g/mol. The lowest BCUT2D eigenvalue weighted by Crippen LogP contribution is -2.00. The van der Waals surface area contributed by atoms with Gasteiger partial charge in [0.1, 0.15) is 22.3 Å². The van der Waals surface area contributed by atoms with Crippen molar-refractivity contribution in [2.75, 3.05) is 0 Å². The molecule has 13 rings (SSSR count). The Labute approximate surface area is 369 Å². The molecule has 6 nitrogen and oxygen atoms in total. The smallest absolute Gasteiger partial charge is 0.164 e. The Morgan fingerprint density at radius 1 is 0.381 bits per heavy atom. The molecule has 63 heavy (non-hydrogen) atoms. The lowest BCUT2D eigenvalue weighted by Gasteiger charge is -2.16. The first-order valence-electron chi connectivity index (χ1n) is 23.6. The van der Waals surface area contributed by atoms with Crippen LogP contribution in [0.25, 0.3) is 128 Å². The molecule has 4 aromatic heterocycles. The summed E-state index contributed by atoms with van der Waals surface area (Å²) in [7, 11) is 0. The highest BCUT2D eigenvalue weighted by atomic mass is 16.3. The summed E-state index contributed by atoms with van der Waals surface area (Å²) < 4.78 is 68.9. The Hall–Kier alpha value is -8.61. The lowest BCUT2D eigenvalue weighted by atomic mass is 9.93. The van der Waals surface area contributed by atoms with E-state index in [4.69, 9.17) is 29.3 Å². The third kappa shape index (κ3) is 5.62. The summed E-state index contributed by atoms with van der Waals surface area (Å²) in [5, 5.41) is 4.02. The molecule has 13 aromatic rings. The van der Waals surface area contributed by atoms with Crippen molar-refractivity contribution in [1.29, 1.82) is 0 Å². The third-order valence-corrected chi connectivity index (χ3v) is 11.8. The molecule has 0 N–H and O–H groups in total. The number of benzene rings is 9. The molecule has 0 bridgehead atoms. The van der Waals surface area contributed by atoms with Gasteiger partial charge >= 0.3 is 0 Å². The van der Waals surface area contributed by atoms with Gasteiger partial charge in [0.25, 0.3) is 0 Å². The molecule has 0 aliphatic heterocycles. The Morgan fingerprint density at radius 3 is 1.71 bits per heavy atom. The summed E-state index contributed by atoms with van der Waals surface area (Å²) in [6.07, 6.45) is 0. The van der Waals surface area contributed by atoms with Crippen LogP contribution in [0.3, 0.4) is 0 Å². The van der Waals surface area contributed by atoms with Gasteiger partial charge in [-0.05, 0) is 59.6 Å². The molecule has 0 aliphatic carbocycles. The minimum atomic E-state index is -0.176. The van der Waals surface area contributed by atoms with Crippen LogP contribution >= 0.6 is 0 Å². The van der Waals surface area contributed by atoms with Gasteiger partial charge in [-0.1, -0.05) is 158 Å². The van der Waals surface area contributed by atoms with Gasteiger partial charge in [0.05, 0.1) is 24.9 Å². The average Bonchev–Trinajstić information content (AvgIpc) is 4.08. The van der Waals surface area contributed by atoms with E-state index in [1.54, 1.807) is 4.57 Å². The van der Waals surface area contributed by atoms with Crippen molar-refractivity contribution in [3.05, 3.63) is 206 Å².